The van der Waals surface area contributed by atoms with Crippen LogP contribution in [0.5, 0.6) is 11.5 Å². The fourth-order valence-corrected chi connectivity index (χ4v) is 10.3. The maximum Gasteiger partial charge on any atom is 0.330 e. The Morgan fingerprint density at radius 2 is 1.13 bits per heavy atom. The molecule has 6 aromatic carbocycles. The fourth-order valence-electron chi connectivity index (χ4n) is 9.95. The summed E-state index contributed by atoms with van der Waals surface area (Å²) >= 11 is 3.64. The minimum Gasteiger partial charge on any atom is -0.490 e. The SMILES string of the molecule is C=CC(=O)OCCOc1ccc(C2(c3ccc(OCCOC(=O)C4CC5(OC)c6ccccc6C4(OC)c4ccc(Br)cc45)cc3)c3ccccc3-c3ccccc32)cc1. The number of rotatable bonds is 14. The molecule has 8 nitrogen and oxygen atoms in total. The number of esters is 2. The number of hydrogen-bond acceptors (Lipinski definition) is 8. The summed E-state index contributed by atoms with van der Waals surface area (Å²) in [6, 6.07) is 47.4. The Kier molecular flexibility index (Phi) is 10.4. The normalized spacial score (nSPS) is 19.9. The maximum absolute atomic E-state index is 14.1. The Hall–Kier alpha value is -6.00. The van der Waals surface area contributed by atoms with Gasteiger partial charge < -0.3 is 28.4 Å². The lowest BCUT2D eigenvalue weighted by molar-refractivity contribution is -0.173. The number of hydrogen-bond donors (Lipinski definition) is 0. The summed E-state index contributed by atoms with van der Waals surface area (Å²) in [5.74, 6) is -0.178. The molecule has 2 bridgehead atoms. The van der Waals surface area contributed by atoms with E-state index in [4.69, 9.17) is 28.4 Å². The Bertz CT molecular complexity index is 2560. The van der Waals surface area contributed by atoms with Gasteiger partial charge in [-0.25, -0.2) is 4.79 Å². The molecule has 4 aliphatic carbocycles. The molecule has 6 aromatic rings. The number of benzene rings is 6. The lowest BCUT2D eigenvalue weighted by Crippen LogP contribution is -2.58. The van der Waals surface area contributed by atoms with Gasteiger partial charge in [0.2, 0.25) is 0 Å². The van der Waals surface area contributed by atoms with E-state index in [9.17, 15) is 9.59 Å². The van der Waals surface area contributed by atoms with Crippen molar-refractivity contribution in [3.8, 4) is 22.6 Å². The van der Waals surface area contributed by atoms with Crippen LogP contribution in [0.15, 0.2) is 157 Å². The molecule has 60 heavy (non-hydrogen) atoms. The average Bonchev–Trinajstić information content (AvgIpc) is 3.60. The number of ether oxygens (including phenoxy) is 6. The van der Waals surface area contributed by atoms with Gasteiger partial charge in [0, 0.05) is 31.2 Å². The molecule has 302 valence electrons. The molecule has 0 spiro atoms. The van der Waals surface area contributed by atoms with E-state index in [1.54, 1.807) is 14.2 Å². The lowest BCUT2D eigenvalue weighted by Gasteiger charge is -2.56. The highest BCUT2D eigenvalue weighted by Gasteiger charge is 2.64. The minimum atomic E-state index is -1.04. The summed E-state index contributed by atoms with van der Waals surface area (Å²) in [4.78, 5) is 25.6. The molecule has 0 radical (unpaired) electrons. The van der Waals surface area contributed by atoms with Crippen molar-refractivity contribution >= 4 is 27.9 Å². The van der Waals surface area contributed by atoms with Crippen molar-refractivity contribution in [1.29, 1.82) is 0 Å². The monoisotopic (exact) mass is 862 g/mol. The Morgan fingerprint density at radius 3 is 1.68 bits per heavy atom. The molecule has 3 atom stereocenters. The summed E-state index contributed by atoms with van der Waals surface area (Å²) in [5, 5.41) is 0. The van der Waals surface area contributed by atoms with Crippen molar-refractivity contribution in [2.45, 2.75) is 23.0 Å². The summed E-state index contributed by atoms with van der Waals surface area (Å²) in [7, 11) is 3.35. The van der Waals surface area contributed by atoms with Crippen LogP contribution in [0.3, 0.4) is 0 Å². The summed E-state index contributed by atoms with van der Waals surface area (Å²) in [6.45, 7) is 4.00. The van der Waals surface area contributed by atoms with Gasteiger partial charge in [-0.3, -0.25) is 4.79 Å². The van der Waals surface area contributed by atoms with Crippen molar-refractivity contribution in [1.82, 2.24) is 0 Å². The second kappa shape index (κ2) is 15.9. The molecule has 10 rings (SSSR count). The standard InChI is InChI=1S/C51H43BrO8/c1-4-47(53)59-29-27-57-36-22-17-33(18-23-36)50(40-13-7-5-11-38(40)39-12-6-8-14-41(39)50)34-19-24-37(25-20-34)58-28-30-60-48(54)46-32-49(55-2)42-15-9-10-16-43(42)51(46,56-3)44-26-21-35(52)31-45(44)49/h4-26,31,46H,1,27-30,32H2,2-3H3. The maximum atomic E-state index is 14.1. The second-order valence-corrected chi connectivity index (χ2v) is 16.0. The number of fused-ring (bicyclic) bond motifs is 4. The van der Waals surface area contributed by atoms with Gasteiger partial charge in [-0.2, -0.15) is 0 Å². The molecule has 0 fully saturated rings. The summed E-state index contributed by atoms with van der Waals surface area (Å²) in [5.41, 5.74) is 8.14. The first-order chi connectivity index (χ1) is 29.3. The smallest absolute Gasteiger partial charge is 0.330 e. The van der Waals surface area contributed by atoms with Crippen LogP contribution < -0.4 is 9.47 Å². The van der Waals surface area contributed by atoms with Crippen LogP contribution in [0.4, 0.5) is 0 Å². The molecule has 0 saturated heterocycles. The van der Waals surface area contributed by atoms with E-state index in [1.807, 2.05) is 54.6 Å². The van der Waals surface area contributed by atoms with E-state index in [1.165, 1.54) is 22.3 Å². The molecule has 3 unspecified atom stereocenters. The highest BCUT2D eigenvalue weighted by Crippen LogP contribution is 2.63. The van der Waals surface area contributed by atoms with Crippen molar-refractivity contribution in [3.63, 3.8) is 0 Å². The van der Waals surface area contributed by atoms with Crippen molar-refractivity contribution in [3.05, 3.63) is 201 Å². The van der Waals surface area contributed by atoms with E-state index in [0.717, 1.165) is 43.9 Å². The zero-order valence-corrected chi connectivity index (χ0v) is 34.9. The molecule has 9 heteroatoms. The molecule has 0 N–H and O–H groups in total. The fraction of sp³-hybridized carbons (Fsp3) is 0.216. The van der Waals surface area contributed by atoms with Crippen LogP contribution in [0.2, 0.25) is 0 Å². The highest BCUT2D eigenvalue weighted by molar-refractivity contribution is 9.10. The molecule has 0 saturated carbocycles. The van der Waals surface area contributed by atoms with Gasteiger partial charge in [-0.1, -0.05) is 126 Å². The van der Waals surface area contributed by atoms with Crippen LogP contribution >= 0.6 is 15.9 Å². The van der Waals surface area contributed by atoms with Gasteiger partial charge in [-0.15, -0.1) is 0 Å². The first kappa shape index (κ1) is 39.5. The van der Waals surface area contributed by atoms with Crippen molar-refractivity contribution in [2.75, 3.05) is 40.6 Å². The summed E-state index contributed by atoms with van der Waals surface area (Å²) in [6.07, 6.45) is 1.51. The van der Waals surface area contributed by atoms with E-state index < -0.39 is 28.5 Å². The largest absolute Gasteiger partial charge is 0.490 e. The topological polar surface area (TPSA) is 89.5 Å². The molecular formula is C51H43BrO8. The van der Waals surface area contributed by atoms with Gasteiger partial charge in [-0.05, 0) is 92.0 Å². The quantitative estimate of drug-likeness (QED) is 0.0607. The van der Waals surface area contributed by atoms with E-state index in [0.29, 0.717) is 17.9 Å². The van der Waals surface area contributed by atoms with Gasteiger partial charge in [0.15, 0.2) is 0 Å². The zero-order chi connectivity index (χ0) is 41.5. The third-order valence-electron chi connectivity index (χ3n) is 12.4. The van der Waals surface area contributed by atoms with Crippen LogP contribution in [0.1, 0.15) is 50.9 Å². The number of methoxy groups -OCH3 is 2. The molecule has 4 aliphatic rings. The van der Waals surface area contributed by atoms with E-state index in [2.05, 4.69) is 107 Å². The number of carbonyl (C=O) groups is 2. The molecule has 0 aromatic heterocycles. The third kappa shape index (κ3) is 6.09. The van der Waals surface area contributed by atoms with Crippen LogP contribution in [0, 0.1) is 5.92 Å². The highest BCUT2D eigenvalue weighted by atomic mass is 79.9. The average molecular weight is 864 g/mol. The molecule has 0 amide bonds. The van der Waals surface area contributed by atoms with Crippen molar-refractivity contribution < 1.29 is 38.0 Å². The minimum absolute atomic E-state index is 0.0570. The van der Waals surface area contributed by atoms with Crippen LogP contribution in [-0.2, 0) is 45.2 Å². The van der Waals surface area contributed by atoms with Gasteiger partial charge in [0.25, 0.3) is 0 Å². The van der Waals surface area contributed by atoms with Gasteiger partial charge >= 0.3 is 11.9 Å². The van der Waals surface area contributed by atoms with E-state index >= 15 is 0 Å². The zero-order valence-electron chi connectivity index (χ0n) is 33.3. The molecular weight excluding hydrogens is 820 g/mol. The molecule has 0 aliphatic heterocycles. The first-order valence-corrected chi connectivity index (χ1v) is 20.7. The Balaban J connectivity index is 0.943. The van der Waals surface area contributed by atoms with Gasteiger partial charge in [0.1, 0.15) is 49.1 Å². The first-order valence-electron chi connectivity index (χ1n) is 19.9. The van der Waals surface area contributed by atoms with Gasteiger partial charge in [0.05, 0.1) is 11.3 Å². The second-order valence-electron chi connectivity index (χ2n) is 15.1. The van der Waals surface area contributed by atoms with E-state index in [-0.39, 0.29) is 32.4 Å². The lowest BCUT2D eigenvalue weighted by atomic mass is 9.54. The molecule has 0 heterocycles. The predicted octanol–water partition coefficient (Wildman–Crippen LogP) is 9.66. The summed E-state index contributed by atoms with van der Waals surface area (Å²) < 4.78 is 36.9. The number of carbonyl (C=O) groups excluding carboxylic acids is 2. The Labute approximate surface area is 357 Å². The predicted molar refractivity (Wildman–Crippen MR) is 231 cm³/mol. The third-order valence-corrected chi connectivity index (χ3v) is 12.9. The number of halogens is 1. The van der Waals surface area contributed by atoms with Crippen molar-refractivity contribution in [2.24, 2.45) is 5.92 Å². The van der Waals surface area contributed by atoms with Crippen LogP contribution in [-0.4, -0.2) is 52.6 Å². The van der Waals surface area contributed by atoms with Crippen LogP contribution in [0.25, 0.3) is 11.1 Å². The Morgan fingerprint density at radius 1 is 0.617 bits per heavy atom.